The monoisotopic (exact) mass is 304 g/mol. The minimum atomic E-state index is -4.56. The lowest BCUT2D eigenvalue weighted by molar-refractivity contribution is -0.141. The van der Waals surface area contributed by atoms with Crippen molar-refractivity contribution in [2.45, 2.75) is 33.0 Å². The van der Waals surface area contributed by atoms with E-state index in [1.54, 1.807) is 6.92 Å². The largest absolute Gasteiger partial charge is 0.433 e. The summed E-state index contributed by atoms with van der Waals surface area (Å²) in [4.78, 5) is 15.0. The Morgan fingerprint density at radius 3 is 2.52 bits per heavy atom. The van der Waals surface area contributed by atoms with Gasteiger partial charge in [-0.05, 0) is 18.9 Å². The second kappa shape index (κ2) is 6.64. The topological polar surface area (TPSA) is 80.0 Å². The second-order valence-corrected chi connectivity index (χ2v) is 5.16. The molecule has 0 fully saturated rings. The van der Waals surface area contributed by atoms with E-state index in [0.717, 1.165) is 12.3 Å². The summed E-state index contributed by atoms with van der Waals surface area (Å²) in [7, 11) is 0. The maximum absolute atomic E-state index is 12.6. The number of carbonyl (C=O) groups excluding carboxylic acids is 1. The van der Waals surface area contributed by atoms with Crippen LogP contribution in [-0.2, 0) is 11.0 Å². The number of hydrogen-bond donors (Lipinski definition) is 3. The molecular formula is C13H19F3N4O. The Kier molecular flexibility index (Phi) is 5.40. The SMILES string of the molecule is CC(C)CNC(=O)C(C)Nc1cc(C(F)(F)F)ncc1N. The van der Waals surface area contributed by atoms with Gasteiger partial charge in [-0.15, -0.1) is 0 Å². The lowest BCUT2D eigenvalue weighted by atomic mass is 10.2. The molecule has 0 spiro atoms. The zero-order valence-electron chi connectivity index (χ0n) is 12.1. The summed E-state index contributed by atoms with van der Waals surface area (Å²) < 4.78 is 37.8. The molecule has 5 nitrogen and oxygen atoms in total. The van der Waals surface area contributed by atoms with Crippen LogP contribution in [0, 0.1) is 5.92 Å². The summed E-state index contributed by atoms with van der Waals surface area (Å²) in [6, 6.07) is 0.0798. The van der Waals surface area contributed by atoms with Crippen molar-refractivity contribution in [3.8, 4) is 0 Å². The average molecular weight is 304 g/mol. The first-order valence-corrected chi connectivity index (χ1v) is 6.48. The minimum absolute atomic E-state index is 0.0320. The van der Waals surface area contributed by atoms with Gasteiger partial charge in [0.25, 0.3) is 0 Å². The Morgan fingerprint density at radius 1 is 1.38 bits per heavy atom. The van der Waals surface area contributed by atoms with E-state index in [0.29, 0.717) is 6.54 Å². The number of nitrogen functional groups attached to an aromatic ring is 1. The molecule has 0 bridgehead atoms. The van der Waals surface area contributed by atoms with Crippen molar-refractivity contribution in [1.29, 1.82) is 0 Å². The summed E-state index contributed by atoms with van der Waals surface area (Å²) in [6.07, 6.45) is -3.64. The van der Waals surface area contributed by atoms with E-state index >= 15 is 0 Å². The van der Waals surface area contributed by atoms with Crippen LogP contribution in [0.25, 0.3) is 0 Å². The summed E-state index contributed by atoms with van der Waals surface area (Å²) >= 11 is 0. The maximum atomic E-state index is 12.6. The summed E-state index contributed by atoms with van der Waals surface area (Å²) in [5.41, 5.74) is 4.60. The number of anilines is 2. The Hall–Kier alpha value is -1.99. The van der Waals surface area contributed by atoms with Crippen LogP contribution in [0.1, 0.15) is 26.5 Å². The average Bonchev–Trinajstić information content (AvgIpc) is 2.36. The minimum Gasteiger partial charge on any atom is -0.396 e. The number of nitrogens with zero attached hydrogens (tertiary/aromatic N) is 1. The Balaban J connectivity index is 2.80. The van der Waals surface area contributed by atoms with Crippen molar-refractivity contribution in [3.63, 3.8) is 0 Å². The van der Waals surface area contributed by atoms with E-state index in [4.69, 9.17) is 5.73 Å². The third kappa shape index (κ3) is 5.13. The van der Waals surface area contributed by atoms with E-state index in [1.807, 2.05) is 13.8 Å². The van der Waals surface area contributed by atoms with Gasteiger partial charge in [0, 0.05) is 6.54 Å². The van der Waals surface area contributed by atoms with Gasteiger partial charge >= 0.3 is 6.18 Å². The molecule has 1 amide bonds. The number of rotatable bonds is 5. The summed E-state index contributed by atoms with van der Waals surface area (Å²) in [6.45, 7) is 5.91. The number of pyridine rings is 1. The first-order valence-electron chi connectivity index (χ1n) is 6.48. The highest BCUT2D eigenvalue weighted by Crippen LogP contribution is 2.31. The Morgan fingerprint density at radius 2 is 2.00 bits per heavy atom. The van der Waals surface area contributed by atoms with Gasteiger partial charge in [0.1, 0.15) is 11.7 Å². The maximum Gasteiger partial charge on any atom is 0.433 e. The summed E-state index contributed by atoms with van der Waals surface area (Å²) in [5, 5.41) is 5.36. The van der Waals surface area contributed by atoms with Crippen molar-refractivity contribution < 1.29 is 18.0 Å². The second-order valence-electron chi connectivity index (χ2n) is 5.16. The van der Waals surface area contributed by atoms with E-state index in [9.17, 15) is 18.0 Å². The molecule has 21 heavy (non-hydrogen) atoms. The third-order valence-corrected chi connectivity index (χ3v) is 2.68. The first-order chi connectivity index (χ1) is 9.61. The molecule has 1 atom stereocenters. The first kappa shape index (κ1) is 17.1. The van der Waals surface area contributed by atoms with Crippen LogP contribution in [0.3, 0.4) is 0 Å². The molecule has 0 aliphatic rings. The number of alkyl halides is 3. The van der Waals surface area contributed by atoms with Crippen molar-refractivity contribution in [2.75, 3.05) is 17.6 Å². The van der Waals surface area contributed by atoms with Crippen LogP contribution in [0.2, 0.25) is 0 Å². The van der Waals surface area contributed by atoms with Gasteiger partial charge < -0.3 is 16.4 Å². The molecule has 0 saturated carbocycles. The van der Waals surface area contributed by atoms with Crippen molar-refractivity contribution >= 4 is 17.3 Å². The number of nitrogens with one attached hydrogen (secondary N) is 2. The van der Waals surface area contributed by atoms with Crippen molar-refractivity contribution in [1.82, 2.24) is 10.3 Å². The molecule has 1 aromatic heterocycles. The molecule has 0 radical (unpaired) electrons. The molecule has 8 heteroatoms. The number of carbonyl (C=O) groups is 1. The molecule has 118 valence electrons. The molecule has 0 aliphatic carbocycles. The molecule has 1 heterocycles. The van der Waals surface area contributed by atoms with Crippen LogP contribution in [0.15, 0.2) is 12.3 Å². The zero-order chi connectivity index (χ0) is 16.2. The van der Waals surface area contributed by atoms with Crippen LogP contribution in [0.4, 0.5) is 24.5 Å². The molecule has 0 saturated heterocycles. The molecule has 1 aromatic rings. The Labute approximate surface area is 121 Å². The highest BCUT2D eigenvalue weighted by Gasteiger charge is 2.33. The number of aromatic nitrogens is 1. The molecule has 4 N–H and O–H groups in total. The fourth-order valence-electron chi connectivity index (χ4n) is 1.50. The van der Waals surface area contributed by atoms with Gasteiger partial charge in [0.05, 0.1) is 17.6 Å². The predicted octanol–water partition coefficient (Wildman–Crippen LogP) is 2.26. The number of halogens is 3. The smallest absolute Gasteiger partial charge is 0.396 e. The number of hydrogen-bond acceptors (Lipinski definition) is 4. The van der Waals surface area contributed by atoms with Gasteiger partial charge in [-0.1, -0.05) is 13.8 Å². The van der Waals surface area contributed by atoms with Crippen LogP contribution in [-0.4, -0.2) is 23.5 Å². The van der Waals surface area contributed by atoms with Crippen LogP contribution in [0.5, 0.6) is 0 Å². The van der Waals surface area contributed by atoms with Gasteiger partial charge in [0.15, 0.2) is 0 Å². The highest BCUT2D eigenvalue weighted by atomic mass is 19.4. The standard InChI is InChI=1S/C13H19F3N4O/c1-7(2)5-19-12(21)8(3)20-10-4-11(13(14,15)16)18-6-9(10)17/h4,6-8H,5,17H2,1-3H3,(H,18,20)(H,19,21). The van der Waals surface area contributed by atoms with Crippen LogP contribution >= 0.6 is 0 Å². The van der Waals surface area contributed by atoms with Gasteiger partial charge in [-0.2, -0.15) is 13.2 Å². The molecule has 1 unspecified atom stereocenters. The van der Waals surface area contributed by atoms with E-state index < -0.39 is 17.9 Å². The quantitative estimate of drug-likeness (QED) is 0.779. The van der Waals surface area contributed by atoms with Gasteiger partial charge in [0.2, 0.25) is 5.91 Å². The normalized spacial score (nSPS) is 13.1. The van der Waals surface area contributed by atoms with Crippen molar-refractivity contribution in [3.05, 3.63) is 18.0 Å². The third-order valence-electron chi connectivity index (χ3n) is 2.68. The fraction of sp³-hybridized carbons (Fsp3) is 0.538. The highest BCUT2D eigenvalue weighted by molar-refractivity contribution is 5.85. The molecular weight excluding hydrogens is 285 g/mol. The van der Waals surface area contributed by atoms with Gasteiger partial charge in [-0.25, -0.2) is 4.98 Å². The predicted molar refractivity (Wildman–Crippen MR) is 74.6 cm³/mol. The van der Waals surface area contributed by atoms with E-state index in [1.165, 1.54) is 0 Å². The molecule has 0 aromatic carbocycles. The zero-order valence-corrected chi connectivity index (χ0v) is 12.1. The lowest BCUT2D eigenvalue weighted by Crippen LogP contribution is -2.39. The molecule has 0 aliphatic heterocycles. The van der Waals surface area contributed by atoms with Gasteiger partial charge in [-0.3, -0.25) is 4.79 Å². The number of nitrogens with two attached hydrogens (primary N) is 1. The van der Waals surface area contributed by atoms with E-state index in [-0.39, 0.29) is 23.2 Å². The van der Waals surface area contributed by atoms with E-state index in [2.05, 4.69) is 15.6 Å². The van der Waals surface area contributed by atoms with Crippen molar-refractivity contribution in [2.24, 2.45) is 5.92 Å². The molecule has 1 rings (SSSR count). The Bertz CT molecular complexity index is 503. The lowest BCUT2D eigenvalue weighted by Gasteiger charge is -2.18. The fourth-order valence-corrected chi connectivity index (χ4v) is 1.50. The summed E-state index contributed by atoms with van der Waals surface area (Å²) in [5.74, 6) is -0.0301. The number of amides is 1. The van der Waals surface area contributed by atoms with Crippen LogP contribution < -0.4 is 16.4 Å².